The van der Waals surface area contributed by atoms with Gasteiger partial charge >= 0.3 is 6.03 Å². The number of aliphatic hydroxyl groups excluding tert-OH is 1. The van der Waals surface area contributed by atoms with E-state index in [1.54, 1.807) is 29.2 Å². The van der Waals surface area contributed by atoms with Crippen LogP contribution in [0.1, 0.15) is 32.3 Å². The lowest BCUT2D eigenvalue weighted by Gasteiger charge is -2.39. The second kappa shape index (κ2) is 9.25. The second-order valence-corrected chi connectivity index (χ2v) is 9.40. The minimum atomic E-state index is -1.23. The van der Waals surface area contributed by atoms with Crippen LogP contribution in [0.4, 0.5) is 14.9 Å². The molecule has 0 bridgehead atoms. The van der Waals surface area contributed by atoms with Crippen LogP contribution in [0, 0.1) is 5.82 Å². The third kappa shape index (κ3) is 4.46. The predicted octanol–water partition coefficient (Wildman–Crippen LogP) is 3.61. The van der Waals surface area contributed by atoms with Gasteiger partial charge in [-0.3, -0.25) is 9.36 Å². The molecule has 2 aromatic carbocycles. The standard InChI is InChI=1S/C24H27ClFN5O3/c1-24(2)11-10-19(21(32)28-12-14-6-5-8-16(25)20(14)26)31(24)23(34)29-17-13-30(22(27)33)18-9-4-3-7-15(17)18/h3-9,13,19,23,29,34H,10-12H2,1-2H3,(H2,27,33)(H,28,32)/t19-,23?/m0/s1. The number of likely N-dealkylation sites (tertiary alicyclic amines) is 1. The van der Waals surface area contributed by atoms with Crippen molar-refractivity contribution in [3.8, 4) is 0 Å². The molecule has 4 rings (SSSR count). The number of amides is 2. The van der Waals surface area contributed by atoms with E-state index >= 15 is 0 Å². The molecule has 1 saturated heterocycles. The van der Waals surface area contributed by atoms with Crippen molar-refractivity contribution < 1.29 is 19.1 Å². The number of carbonyl (C=O) groups excluding carboxylic acids is 2. The van der Waals surface area contributed by atoms with Crippen LogP contribution >= 0.6 is 11.6 Å². The Morgan fingerprint density at radius 2 is 2.00 bits per heavy atom. The van der Waals surface area contributed by atoms with Gasteiger partial charge in [0.2, 0.25) is 5.91 Å². The fraction of sp³-hybridized carbons (Fsp3) is 0.333. The number of halogens is 2. The van der Waals surface area contributed by atoms with E-state index in [4.69, 9.17) is 17.3 Å². The topological polar surface area (TPSA) is 113 Å². The molecule has 180 valence electrons. The van der Waals surface area contributed by atoms with Gasteiger partial charge in [-0.1, -0.05) is 41.9 Å². The molecule has 10 heteroatoms. The number of primary amides is 1. The lowest BCUT2D eigenvalue weighted by atomic mass is 10.0. The fourth-order valence-corrected chi connectivity index (χ4v) is 4.80. The summed E-state index contributed by atoms with van der Waals surface area (Å²) in [5, 5.41) is 17.6. The summed E-state index contributed by atoms with van der Waals surface area (Å²) in [6.45, 7) is 3.86. The highest BCUT2D eigenvalue weighted by molar-refractivity contribution is 6.30. The first-order valence-corrected chi connectivity index (χ1v) is 11.3. The molecule has 2 amide bonds. The van der Waals surface area contributed by atoms with Crippen LogP contribution in [0.3, 0.4) is 0 Å². The highest BCUT2D eigenvalue weighted by Gasteiger charge is 2.46. The summed E-state index contributed by atoms with van der Waals surface area (Å²) >= 11 is 5.83. The number of fused-ring (bicyclic) bond motifs is 1. The number of para-hydroxylation sites is 1. The molecule has 1 aliphatic rings. The molecule has 3 aromatic rings. The van der Waals surface area contributed by atoms with E-state index in [0.29, 0.717) is 29.4 Å². The third-order valence-corrected chi connectivity index (χ3v) is 6.64. The summed E-state index contributed by atoms with van der Waals surface area (Å²) in [5.74, 6) is -0.897. The largest absolute Gasteiger partial charge is 0.361 e. The van der Waals surface area contributed by atoms with Crippen molar-refractivity contribution in [2.24, 2.45) is 5.73 Å². The number of nitrogens with zero attached hydrogens (tertiary/aromatic N) is 2. The number of aromatic nitrogens is 1. The molecular formula is C24H27ClFN5O3. The van der Waals surface area contributed by atoms with Gasteiger partial charge in [-0.15, -0.1) is 0 Å². The molecular weight excluding hydrogens is 461 g/mol. The molecule has 2 heterocycles. The van der Waals surface area contributed by atoms with Gasteiger partial charge in [-0.2, -0.15) is 0 Å². The quantitative estimate of drug-likeness (QED) is 0.397. The first-order chi connectivity index (χ1) is 16.1. The van der Waals surface area contributed by atoms with Crippen LogP contribution in [0.2, 0.25) is 5.02 Å². The summed E-state index contributed by atoms with van der Waals surface area (Å²) in [6.07, 6.45) is 1.47. The Balaban J connectivity index is 1.54. The summed E-state index contributed by atoms with van der Waals surface area (Å²) in [6, 6.07) is 10.5. The zero-order valence-corrected chi connectivity index (χ0v) is 19.6. The van der Waals surface area contributed by atoms with Gasteiger partial charge in [0.05, 0.1) is 22.3 Å². The Morgan fingerprint density at radius 3 is 2.74 bits per heavy atom. The molecule has 0 radical (unpaired) electrons. The summed E-state index contributed by atoms with van der Waals surface area (Å²) in [4.78, 5) is 26.6. The molecule has 1 unspecified atom stereocenters. The Morgan fingerprint density at radius 1 is 1.26 bits per heavy atom. The number of aliphatic hydroxyl groups is 1. The molecule has 8 nitrogen and oxygen atoms in total. The van der Waals surface area contributed by atoms with Crippen molar-refractivity contribution in [1.82, 2.24) is 14.8 Å². The second-order valence-electron chi connectivity index (χ2n) is 8.99. The highest BCUT2D eigenvalue weighted by Crippen LogP contribution is 2.36. The predicted molar refractivity (Wildman–Crippen MR) is 129 cm³/mol. The highest BCUT2D eigenvalue weighted by atomic mass is 35.5. The van der Waals surface area contributed by atoms with Gasteiger partial charge in [0, 0.05) is 29.2 Å². The number of anilines is 1. The summed E-state index contributed by atoms with van der Waals surface area (Å²) in [7, 11) is 0. The van der Waals surface area contributed by atoms with Crippen molar-refractivity contribution in [1.29, 1.82) is 0 Å². The number of rotatable bonds is 6. The fourth-order valence-electron chi connectivity index (χ4n) is 4.61. The molecule has 34 heavy (non-hydrogen) atoms. The Bertz CT molecular complexity index is 1240. The van der Waals surface area contributed by atoms with Crippen LogP contribution in [0.5, 0.6) is 0 Å². The monoisotopic (exact) mass is 487 g/mol. The van der Waals surface area contributed by atoms with E-state index in [1.165, 1.54) is 16.8 Å². The SMILES string of the molecule is CC1(C)CC[C@@H](C(=O)NCc2cccc(Cl)c2F)N1C(O)Nc1cn(C(N)=O)c2ccccc12. The number of carbonyl (C=O) groups is 2. The summed E-state index contributed by atoms with van der Waals surface area (Å²) < 4.78 is 15.5. The maximum absolute atomic E-state index is 14.2. The number of hydrogen-bond acceptors (Lipinski definition) is 5. The Labute approximate surface area is 201 Å². The average molecular weight is 488 g/mol. The first-order valence-electron chi connectivity index (χ1n) is 10.9. The lowest BCUT2D eigenvalue weighted by molar-refractivity contribution is -0.132. The zero-order valence-electron chi connectivity index (χ0n) is 18.9. The van der Waals surface area contributed by atoms with Crippen LogP contribution in [-0.4, -0.2) is 44.4 Å². The average Bonchev–Trinajstić information content (AvgIpc) is 3.31. The molecule has 0 aliphatic carbocycles. The Hall–Kier alpha value is -3.14. The molecule has 1 aromatic heterocycles. The van der Waals surface area contributed by atoms with E-state index in [2.05, 4.69) is 10.6 Å². The van der Waals surface area contributed by atoms with Crippen molar-refractivity contribution in [2.45, 2.75) is 51.2 Å². The first kappa shape index (κ1) is 24.0. The van der Waals surface area contributed by atoms with Crippen molar-refractivity contribution in [3.63, 3.8) is 0 Å². The van der Waals surface area contributed by atoms with Gasteiger partial charge in [-0.05, 0) is 38.8 Å². The maximum Gasteiger partial charge on any atom is 0.323 e. The van der Waals surface area contributed by atoms with Crippen molar-refractivity contribution in [2.75, 3.05) is 5.32 Å². The van der Waals surface area contributed by atoms with Gasteiger partial charge in [-0.25, -0.2) is 14.1 Å². The van der Waals surface area contributed by atoms with Crippen LogP contribution in [0.15, 0.2) is 48.7 Å². The van der Waals surface area contributed by atoms with Gasteiger partial charge in [0.15, 0.2) is 6.35 Å². The molecule has 1 fully saturated rings. The molecule has 1 aliphatic heterocycles. The number of nitrogens with one attached hydrogen (secondary N) is 2. The minimum absolute atomic E-state index is 0.00915. The third-order valence-electron chi connectivity index (χ3n) is 6.35. The zero-order chi connectivity index (χ0) is 24.6. The molecule has 0 saturated carbocycles. The van der Waals surface area contributed by atoms with Gasteiger partial charge < -0.3 is 21.5 Å². The normalized spacial score (nSPS) is 18.7. The van der Waals surface area contributed by atoms with Crippen molar-refractivity contribution in [3.05, 3.63) is 65.1 Å². The maximum atomic E-state index is 14.2. The number of nitrogens with two attached hydrogens (primary N) is 1. The van der Waals surface area contributed by atoms with E-state index in [1.807, 2.05) is 26.0 Å². The van der Waals surface area contributed by atoms with Gasteiger partial charge in [0.1, 0.15) is 5.82 Å². The van der Waals surface area contributed by atoms with Gasteiger partial charge in [0.25, 0.3) is 0 Å². The molecule has 0 spiro atoms. The van der Waals surface area contributed by atoms with Crippen LogP contribution in [0.25, 0.3) is 10.9 Å². The van der Waals surface area contributed by atoms with E-state index in [-0.39, 0.29) is 23.0 Å². The number of hydrogen-bond donors (Lipinski definition) is 4. The summed E-state index contributed by atoms with van der Waals surface area (Å²) in [5.41, 5.74) is 6.37. The minimum Gasteiger partial charge on any atom is -0.361 e. The van der Waals surface area contributed by atoms with Crippen LogP contribution in [-0.2, 0) is 11.3 Å². The van der Waals surface area contributed by atoms with Crippen LogP contribution < -0.4 is 16.4 Å². The smallest absolute Gasteiger partial charge is 0.323 e. The van der Waals surface area contributed by atoms with E-state index < -0.39 is 29.8 Å². The number of benzene rings is 2. The van der Waals surface area contributed by atoms with E-state index in [9.17, 15) is 19.1 Å². The van der Waals surface area contributed by atoms with Crippen molar-refractivity contribution >= 4 is 40.1 Å². The lowest BCUT2D eigenvalue weighted by Crippen LogP contribution is -2.56. The molecule has 2 atom stereocenters. The molecule has 5 N–H and O–H groups in total. The van der Waals surface area contributed by atoms with E-state index in [0.717, 1.165) is 0 Å². The Kier molecular flexibility index (Phi) is 6.53.